The number of rotatable bonds is 3. The second-order valence-electron chi connectivity index (χ2n) is 3.57. The predicted molar refractivity (Wildman–Crippen MR) is 59.0 cm³/mol. The molecule has 0 atom stereocenters. The minimum atomic E-state index is -0.344. The first-order chi connectivity index (χ1) is 8.31. The molecule has 6 heteroatoms. The van der Waals surface area contributed by atoms with Crippen LogP contribution >= 0.6 is 0 Å². The van der Waals surface area contributed by atoms with Crippen molar-refractivity contribution in [3.8, 4) is 0 Å². The molecule has 0 aromatic carbocycles. The molecule has 0 amide bonds. The molecule has 5 nitrogen and oxygen atoms in total. The zero-order chi connectivity index (χ0) is 11.7. The highest BCUT2D eigenvalue weighted by molar-refractivity contribution is 5.43. The van der Waals surface area contributed by atoms with Gasteiger partial charge in [0.1, 0.15) is 5.82 Å². The molecular formula is C11H9FN4O. The largest absolute Gasteiger partial charge is 0.472 e. The molecule has 86 valence electrons. The summed E-state index contributed by atoms with van der Waals surface area (Å²) < 4.78 is 19.3. The van der Waals surface area contributed by atoms with E-state index in [9.17, 15) is 4.39 Å². The number of halogens is 1. The van der Waals surface area contributed by atoms with Crippen LogP contribution in [0.5, 0.6) is 0 Å². The second kappa shape index (κ2) is 3.89. The molecular weight excluding hydrogens is 223 g/mol. The number of hydrogen-bond donors (Lipinski definition) is 1. The lowest BCUT2D eigenvalue weighted by atomic mass is 10.3. The fourth-order valence-electron chi connectivity index (χ4n) is 1.51. The average molecular weight is 232 g/mol. The number of furan rings is 1. The summed E-state index contributed by atoms with van der Waals surface area (Å²) in [4.78, 5) is 4.20. The van der Waals surface area contributed by atoms with Gasteiger partial charge in [-0.05, 0) is 18.2 Å². The zero-order valence-corrected chi connectivity index (χ0v) is 8.80. The van der Waals surface area contributed by atoms with Crippen molar-refractivity contribution in [3.63, 3.8) is 0 Å². The minimum absolute atomic E-state index is 0.344. The molecule has 0 aliphatic heterocycles. The summed E-state index contributed by atoms with van der Waals surface area (Å²) in [5, 5.41) is 7.13. The summed E-state index contributed by atoms with van der Waals surface area (Å²) in [5.74, 6) is 0.112. The highest BCUT2D eigenvalue weighted by Gasteiger charge is 2.04. The highest BCUT2D eigenvalue weighted by Crippen LogP contribution is 2.08. The van der Waals surface area contributed by atoms with Crippen LogP contribution in [0.1, 0.15) is 5.56 Å². The quantitative estimate of drug-likeness (QED) is 0.751. The summed E-state index contributed by atoms with van der Waals surface area (Å²) in [5.41, 5.74) is 1.59. The Balaban J connectivity index is 1.81. The van der Waals surface area contributed by atoms with Crippen LogP contribution in [-0.4, -0.2) is 14.6 Å². The fourth-order valence-corrected chi connectivity index (χ4v) is 1.51. The van der Waals surface area contributed by atoms with Gasteiger partial charge in [-0.2, -0.15) is 4.98 Å². The van der Waals surface area contributed by atoms with Crippen LogP contribution in [0.4, 0.5) is 10.3 Å². The molecule has 0 radical (unpaired) electrons. The summed E-state index contributed by atoms with van der Waals surface area (Å²) in [6.07, 6.45) is 4.53. The molecule has 3 aromatic heterocycles. The van der Waals surface area contributed by atoms with E-state index in [0.29, 0.717) is 18.1 Å². The summed E-state index contributed by atoms with van der Waals surface area (Å²) >= 11 is 0. The first kappa shape index (κ1) is 9.83. The molecule has 3 aromatic rings. The molecule has 0 aliphatic carbocycles. The molecule has 0 fully saturated rings. The Morgan fingerprint density at radius 1 is 1.35 bits per heavy atom. The van der Waals surface area contributed by atoms with E-state index in [4.69, 9.17) is 4.42 Å². The molecule has 0 unspecified atom stereocenters. The average Bonchev–Trinajstić information content (AvgIpc) is 2.94. The minimum Gasteiger partial charge on any atom is -0.472 e. The van der Waals surface area contributed by atoms with E-state index < -0.39 is 0 Å². The zero-order valence-electron chi connectivity index (χ0n) is 8.80. The lowest BCUT2D eigenvalue weighted by Gasteiger charge is -1.96. The van der Waals surface area contributed by atoms with Crippen molar-refractivity contribution >= 4 is 11.6 Å². The normalized spacial score (nSPS) is 10.9. The number of hydrogen-bond acceptors (Lipinski definition) is 4. The van der Waals surface area contributed by atoms with Gasteiger partial charge in [0, 0.05) is 12.1 Å². The fraction of sp³-hybridized carbons (Fsp3) is 0.0909. The lowest BCUT2D eigenvalue weighted by Crippen LogP contribution is -2.00. The maximum Gasteiger partial charge on any atom is 0.243 e. The predicted octanol–water partition coefficient (Wildman–Crippen LogP) is 2.07. The third kappa shape index (κ3) is 1.96. The molecule has 1 N–H and O–H groups in total. The van der Waals surface area contributed by atoms with Gasteiger partial charge in [-0.15, -0.1) is 5.10 Å². The van der Waals surface area contributed by atoms with Crippen LogP contribution < -0.4 is 5.32 Å². The number of anilines is 1. The van der Waals surface area contributed by atoms with E-state index >= 15 is 0 Å². The lowest BCUT2D eigenvalue weighted by molar-refractivity contribution is 0.564. The smallest absolute Gasteiger partial charge is 0.243 e. The first-order valence-electron chi connectivity index (χ1n) is 5.08. The summed E-state index contributed by atoms with van der Waals surface area (Å²) in [6, 6.07) is 4.78. The topological polar surface area (TPSA) is 55.4 Å². The van der Waals surface area contributed by atoms with E-state index in [1.54, 1.807) is 18.6 Å². The number of nitrogens with zero attached hydrogens (tertiary/aromatic N) is 3. The van der Waals surface area contributed by atoms with Crippen molar-refractivity contribution in [3.05, 3.63) is 48.3 Å². The van der Waals surface area contributed by atoms with Crippen molar-refractivity contribution in [1.29, 1.82) is 0 Å². The molecule has 17 heavy (non-hydrogen) atoms. The van der Waals surface area contributed by atoms with Gasteiger partial charge in [0.15, 0.2) is 5.65 Å². The highest BCUT2D eigenvalue weighted by atomic mass is 19.1. The maximum absolute atomic E-state index is 12.9. The second-order valence-corrected chi connectivity index (χ2v) is 3.57. The molecule has 0 bridgehead atoms. The summed E-state index contributed by atoms with van der Waals surface area (Å²) in [6.45, 7) is 0.565. The number of aromatic nitrogens is 3. The Morgan fingerprint density at radius 3 is 3.12 bits per heavy atom. The van der Waals surface area contributed by atoms with E-state index in [-0.39, 0.29) is 5.82 Å². The number of pyridine rings is 1. The Bertz CT molecular complexity index is 632. The molecule has 0 saturated heterocycles. The van der Waals surface area contributed by atoms with E-state index in [1.165, 1.54) is 16.8 Å². The van der Waals surface area contributed by atoms with Crippen molar-refractivity contribution in [2.45, 2.75) is 6.54 Å². The SMILES string of the molecule is Fc1ccc2nc(NCc3ccoc3)nn2c1. The van der Waals surface area contributed by atoms with Crippen molar-refractivity contribution < 1.29 is 8.81 Å². The van der Waals surface area contributed by atoms with Gasteiger partial charge >= 0.3 is 0 Å². The maximum atomic E-state index is 12.9. The van der Waals surface area contributed by atoms with Crippen LogP contribution in [0, 0.1) is 5.82 Å². The van der Waals surface area contributed by atoms with Gasteiger partial charge in [0.25, 0.3) is 0 Å². The first-order valence-corrected chi connectivity index (χ1v) is 5.08. The van der Waals surface area contributed by atoms with Gasteiger partial charge in [-0.25, -0.2) is 8.91 Å². The van der Waals surface area contributed by atoms with Crippen molar-refractivity contribution in [1.82, 2.24) is 14.6 Å². The monoisotopic (exact) mass is 232 g/mol. The Kier molecular flexibility index (Phi) is 2.25. The van der Waals surface area contributed by atoms with E-state index in [0.717, 1.165) is 5.56 Å². The van der Waals surface area contributed by atoms with Crippen LogP contribution in [0.25, 0.3) is 5.65 Å². The van der Waals surface area contributed by atoms with Gasteiger partial charge in [0.05, 0.1) is 18.7 Å². The molecule has 0 aliphatic rings. The van der Waals surface area contributed by atoms with Gasteiger partial charge in [-0.3, -0.25) is 0 Å². The standard InChI is InChI=1S/C11H9FN4O/c12-9-1-2-10-14-11(15-16(10)6-9)13-5-8-3-4-17-7-8/h1-4,6-7H,5H2,(H,13,15). The summed E-state index contributed by atoms with van der Waals surface area (Å²) in [7, 11) is 0. The molecule has 0 spiro atoms. The third-order valence-corrected chi connectivity index (χ3v) is 2.33. The Hall–Kier alpha value is -2.37. The Labute approximate surface area is 95.9 Å². The van der Waals surface area contributed by atoms with Gasteiger partial charge in [0.2, 0.25) is 5.95 Å². The van der Waals surface area contributed by atoms with Crippen LogP contribution in [0.15, 0.2) is 41.3 Å². The van der Waals surface area contributed by atoms with Crippen molar-refractivity contribution in [2.24, 2.45) is 0 Å². The van der Waals surface area contributed by atoms with Crippen LogP contribution in [0.3, 0.4) is 0 Å². The Morgan fingerprint density at radius 2 is 2.29 bits per heavy atom. The van der Waals surface area contributed by atoms with Crippen LogP contribution in [0.2, 0.25) is 0 Å². The molecule has 3 rings (SSSR count). The van der Waals surface area contributed by atoms with Crippen molar-refractivity contribution in [2.75, 3.05) is 5.32 Å². The van der Waals surface area contributed by atoms with Gasteiger partial charge < -0.3 is 9.73 Å². The number of nitrogens with one attached hydrogen (secondary N) is 1. The number of fused-ring (bicyclic) bond motifs is 1. The third-order valence-electron chi connectivity index (χ3n) is 2.33. The van der Waals surface area contributed by atoms with E-state index in [1.807, 2.05) is 6.07 Å². The molecule has 3 heterocycles. The van der Waals surface area contributed by atoms with Gasteiger partial charge in [-0.1, -0.05) is 0 Å². The molecule has 0 saturated carbocycles. The van der Waals surface area contributed by atoms with E-state index in [2.05, 4.69) is 15.4 Å². The van der Waals surface area contributed by atoms with Crippen LogP contribution in [-0.2, 0) is 6.54 Å².